The van der Waals surface area contributed by atoms with Crippen molar-refractivity contribution in [1.82, 2.24) is 0 Å². The molecule has 0 aliphatic heterocycles. The van der Waals surface area contributed by atoms with Crippen LogP contribution in [0.1, 0.15) is 13.8 Å². The maximum absolute atomic E-state index is 10.6. The highest BCUT2D eigenvalue weighted by Gasteiger charge is 2.12. The highest BCUT2D eigenvalue weighted by molar-refractivity contribution is 5.53. The first-order chi connectivity index (χ1) is 12.3. The van der Waals surface area contributed by atoms with Gasteiger partial charge in [-0.05, 0) is 50.2 Å². The molecule has 2 aromatic rings. The van der Waals surface area contributed by atoms with Crippen LogP contribution in [0.25, 0.3) is 0 Å². The van der Waals surface area contributed by atoms with Gasteiger partial charge in [-0.25, -0.2) is 0 Å². The second-order valence-electron chi connectivity index (χ2n) is 6.09. The molecule has 0 fully saturated rings. The average molecular weight is 358 g/mol. The molecular weight excluding hydrogens is 336 g/mol. The normalized spacial score (nSPS) is 13.5. The number of aliphatic hydroxyl groups excluding tert-OH is 2. The highest BCUT2D eigenvalue weighted by atomic mass is 16.6. The number of hydrogen-bond acceptors (Lipinski definition) is 7. The minimum Gasteiger partial charge on any atom is -0.392 e. The van der Waals surface area contributed by atoms with Crippen molar-refractivity contribution in [3.8, 4) is 0 Å². The van der Waals surface area contributed by atoms with Gasteiger partial charge in [-0.3, -0.25) is 10.1 Å². The van der Waals surface area contributed by atoms with E-state index >= 15 is 0 Å². The van der Waals surface area contributed by atoms with Crippen LogP contribution in [0, 0.1) is 10.1 Å². The number of azo groups is 1. The van der Waals surface area contributed by atoms with Gasteiger partial charge in [-0.1, -0.05) is 0 Å². The second kappa shape index (κ2) is 9.02. The number of nitrogens with zero attached hydrogens (tertiary/aromatic N) is 4. The maximum Gasteiger partial charge on any atom is 0.269 e. The Morgan fingerprint density at radius 2 is 1.35 bits per heavy atom. The van der Waals surface area contributed by atoms with Crippen molar-refractivity contribution in [2.24, 2.45) is 10.2 Å². The van der Waals surface area contributed by atoms with E-state index in [1.54, 1.807) is 26.0 Å². The number of benzene rings is 2. The molecule has 0 saturated carbocycles. The van der Waals surface area contributed by atoms with E-state index in [9.17, 15) is 20.3 Å². The van der Waals surface area contributed by atoms with Crippen LogP contribution in [0.3, 0.4) is 0 Å². The Labute approximate surface area is 151 Å². The van der Waals surface area contributed by atoms with Crippen molar-refractivity contribution in [2.75, 3.05) is 18.0 Å². The van der Waals surface area contributed by atoms with Gasteiger partial charge in [-0.15, -0.1) is 0 Å². The fourth-order valence-electron chi connectivity index (χ4n) is 2.41. The first kappa shape index (κ1) is 19.5. The molecule has 2 aromatic carbocycles. The zero-order valence-corrected chi connectivity index (χ0v) is 14.7. The summed E-state index contributed by atoms with van der Waals surface area (Å²) in [4.78, 5) is 12.1. The topological polar surface area (TPSA) is 112 Å². The van der Waals surface area contributed by atoms with Crippen LogP contribution < -0.4 is 4.90 Å². The third-order valence-electron chi connectivity index (χ3n) is 3.53. The molecule has 8 nitrogen and oxygen atoms in total. The van der Waals surface area contributed by atoms with Crippen molar-refractivity contribution in [3.63, 3.8) is 0 Å². The Hall–Kier alpha value is -2.84. The van der Waals surface area contributed by atoms with E-state index in [0.29, 0.717) is 24.5 Å². The summed E-state index contributed by atoms with van der Waals surface area (Å²) in [5.74, 6) is 0. The lowest BCUT2D eigenvalue weighted by molar-refractivity contribution is -0.384. The Morgan fingerprint density at radius 3 is 1.73 bits per heavy atom. The van der Waals surface area contributed by atoms with E-state index in [0.717, 1.165) is 5.69 Å². The third kappa shape index (κ3) is 5.91. The first-order valence-electron chi connectivity index (χ1n) is 8.22. The van der Waals surface area contributed by atoms with Crippen molar-refractivity contribution in [2.45, 2.75) is 26.1 Å². The van der Waals surface area contributed by atoms with Crippen molar-refractivity contribution >= 4 is 22.7 Å². The zero-order valence-electron chi connectivity index (χ0n) is 14.7. The quantitative estimate of drug-likeness (QED) is 0.425. The fraction of sp³-hybridized carbons (Fsp3) is 0.333. The van der Waals surface area contributed by atoms with Crippen LogP contribution in [0.2, 0.25) is 0 Å². The van der Waals surface area contributed by atoms with Gasteiger partial charge >= 0.3 is 0 Å². The van der Waals surface area contributed by atoms with E-state index < -0.39 is 17.1 Å². The van der Waals surface area contributed by atoms with Crippen LogP contribution >= 0.6 is 0 Å². The zero-order chi connectivity index (χ0) is 19.1. The van der Waals surface area contributed by atoms with Gasteiger partial charge in [0.25, 0.3) is 5.69 Å². The SMILES string of the molecule is CC(O)CN(CC(C)O)c1ccc(N=Nc2ccc([N+](=O)[O-])cc2)cc1. The first-order valence-corrected chi connectivity index (χ1v) is 8.22. The molecule has 0 saturated heterocycles. The molecule has 2 unspecified atom stereocenters. The van der Waals surface area contributed by atoms with Crippen molar-refractivity contribution in [3.05, 3.63) is 58.6 Å². The lowest BCUT2D eigenvalue weighted by atomic mass is 10.2. The maximum atomic E-state index is 10.6. The van der Waals surface area contributed by atoms with E-state index in [1.807, 2.05) is 17.0 Å². The minimum absolute atomic E-state index is 0.00428. The summed E-state index contributed by atoms with van der Waals surface area (Å²) >= 11 is 0. The van der Waals surface area contributed by atoms with Crippen molar-refractivity contribution < 1.29 is 15.1 Å². The van der Waals surface area contributed by atoms with Gasteiger partial charge < -0.3 is 15.1 Å². The Bertz CT molecular complexity index is 733. The number of anilines is 1. The molecule has 0 spiro atoms. The van der Waals surface area contributed by atoms with E-state index in [2.05, 4.69) is 10.2 Å². The lowest BCUT2D eigenvalue weighted by Crippen LogP contribution is -2.36. The number of nitro groups is 1. The van der Waals surface area contributed by atoms with Crippen LogP contribution in [0.4, 0.5) is 22.7 Å². The molecule has 2 atom stereocenters. The smallest absolute Gasteiger partial charge is 0.269 e. The van der Waals surface area contributed by atoms with Crippen LogP contribution in [-0.2, 0) is 0 Å². The van der Waals surface area contributed by atoms with Gasteiger partial charge in [0, 0.05) is 30.9 Å². The highest BCUT2D eigenvalue weighted by Crippen LogP contribution is 2.24. The standard InChI is InChI=1S/C18H22N4O4/c1-13(23)11-21(12-14(2)24)17-7-3-15(4-8-17)19-20-16-5-9-18(10-6-16)22(25)26/h3-10,13-14,23-24H,11-12H2,1-2H3. The average Bonchev–Trinajstić information content (AvgIpc) is 2.59. The molecule has 0 bridgehead atoms. The molecule has 0 aromatic heterocycles. The van der Waals surface area contributed by atoms with Gasteiger partial charge in [0.15, 0.2) is 0 Å². The minimum atomic E-state index is -0.518. The molecule has 8 heteroatoms. The molecule has 26 heavy (non-hydrogen) atoms. The summed E-state index contributed by atoms with van der Waals surface area (Å²) in [7, 11) is 0. The molecule has 2 rings (SSSR count). The summed E-state index contributed by atoms with van der Waals surface area (Å²) in [6.45, 7) is 4.22. The molecule has 2 N–H and O–H groups in total. The number of rotatable bonds is 8. The number of non-ortho nitro benzene ring substituents is 1. The van der Waals surface area contributed by atoms with E-state index in [1.165, 1.54) is 24.3 Å². The Morgan fingerprint density at radius 1 is 0.923 bits per heavy atom. The van der Waals surface area contributed by atoms with Crippen LogP contribution in [0.5, 0.6) is 0 Å². The number of aliphatic hydroxyl groups is 2. The molecular formula is C18H22N4O4. The molecule has 138 valence electrons. The summed E-state index contributed by atoms with van der Waals surface area (Å²) in [6, 6.07) is 13.1. The molecule has 0 aliphatic rings. The molecule has 0 radical (unpaired) electrons. The third-order valence-corrected chi connectivity index (χ3v) is 3.53. The lowest BCUT2D eigenvalue weighted by Gasteiger charge is -2.27. The van der Waals surface area contributed by atoms with Gasteiger partial charge in [-0.2, -0.15) is 10.2 Å². The fourth-order valence-corrected chi connectivity index (χ4v) is 2.41. The van der Waals surface area contributed by atoms with E-state index in [-0.39, 0.29) is 5.69 Å². The van der Waals surface area contributed by atoms with Crippen LogP contribution in [-0.4, -0.2) is 40.4 Å². The Balaban J connectivity index is 2.08. The molecule has 0 amide bonds. The predicted octanol–water partition coefficient (Wildman–Crippen LogP) is 3.58. The monoisotopic (exact) mass is 358 g/mol. The summed E-state index contributed by atoms with van der Waals surface area (Å²) in [5.41, 5.74) is 2.01. The van der Waals surface area contributed by atoms with Gasteiger partial charge in [0.05, 0.1) is 28.5 Å². The summed E-state index contributed by atoms with van der Waals surface area (Å²) in [6.07, 6.45) is -1.04. The number of hydrogen-bond donors (Lipinski definition) is 2. The van der Waals surface area contributed by atoms with Crippen molar-refractivity contribution in [1.29, 1.82) is 0 Å². The Kier molecular flexibility index (Phi) is 6.76. The largest absolute Gasteiger partial charge is 0.392 e. The van der Waals surface area contributed by atoms with Crippen LogP contribution in [0.15, 0.2) is 58.8 Å². The second-order valence-corrected chi connectivity index (χ2v) is 6.09. The summed E-state index contributed by atoms with van der Waals surface area (Å²) < 4.78 is 0. The van der Waals surface area contributed by atoms with E-state index in [4.69, 9.17) is 0 Å². The predicted molar refractivity (Wildman–Crippen MR) is 99.3 cm³/mol. The molecule has 0 heterocycles. The summed E-state index contributed by atoms with van der Waals surface area (Å²) in [5, 5.41) is 38.0. The number of nitro benzene ring substituents is 1. The molecule has 0 aliphatic carbocycles. The van der Waals surface area contributed by atoms with Gasteiger partial charge in [0.2, 0.25) is 0 Å². The van der Waals surface area contributed by atoms with Gasteiger partial charge in [0.1, 0.15) is 0 Å².